The lowest BCUT2D eigenvalue weighted by atomic mass is 10.1. The van der Waals surface area contributed by atoms with Gasteiger partial charge < -0.3 is 15.4 Å². The van der Waals surface area contributed by atoms with Gasteiger partial charge in [0.1, 0.15) is 17.3 Å². The van der Waals surface area contributed by atoms with Crippen molar-refractivity contribution in [1.29, 1.82) is 0 Å². The van der Waals surface area contributed by atoms with E-state index in [9.17, 15) is 9.18 Å². The first-order chi connectivity index (χ1) is 17.3. The fourth-order valence-electron chi connectivity index (χ4n) is 4.73. The van der Waals surface area contributed by atoms with E-state index in [-0.39, 0.29) is 46.0 Å². The number of rotatable bonds is 4. The molecule has 184 valence electrons. The Kier molecular flexibility index (Phi) is 5.89. The zero-order valence-electron chi connectivity index (χ0n) is 19.7. The molecule has 0 spiro atoms. The molecule has 1 aliphatic heterocycles. The number of aromatic nitrogens is 5. The number of nitrogens with zero attached hydrogens (tertiary/aromatic N) is 6. The van der Waals surface area contributed by atoms with Crippen molar-refractivity contribution in [2.75, 3.05) is 26.0 Å². The predicted octanol–water partition coefficient (Wildman–Crippen LogP) is 2.55. The molecule has 4 heterocycles. The van der Waals surface area contributed by atoms with Crippen LogP contribution in [0.3, 0.4) is 0 Å². The summed E-state index contributed by atoms with van der Waals surface area (Å²) in [6.07, 6.45) is 4.87. The molecule has 9 nitrogen and oxygen atoms in total. The molecule has 3 aromatic heterocycles. The molecule has 0 radical (unpaired) electrons. The topological polar surface area (TPSA) is 104 Å². The summed E-state index contributed by atoms with van der Waals surface area (Å²) in [5.74, 6) is 3.76. The summed E-state index contributed by atoms with van der Waals surface area (Å²) in [7, 11) is 3.20. The number of carbonyl (C=O) groups is 1. The van der Waals surface area contributed by atoms with Gasteiger partial charge in [0.2, 0.25) is 5.91 Å². The Bertz CT molecular complexity index is 1580. The van der Waals surface area contributed by atoms with Crippen LogP contribution in [0.5, 0.6) is 0 Å². The summed E-state index contributed by atoms with van der Waals surface area (Å²) in [4.78, 5) is 18.2. The average Bonchev–Trinajstić information content (AvgIpc) is 3.54. The molecule has 5 rings (SSSR count). The molecular weight excluding hydrogens is 468 g/mol. The first-order valence-electron chi connectivity index (χ1n) is 11.2. The number of likely N-dealkylation sites (tertiary alicyclic amines) is 1. The zero-order valence-corrected chi connectivity index (χ0v) is 19.7. The molecule has 0 saturated carbocycles. The quantitative estimate of drug-likeness (QED) is 0.348. The lowest BCUT2D eigenvalue weighted by molar-refractivity contribution is -0.127. The Balaban J connectivity index is 1.59. The van der Waals surface area contributed by atoms with Gasteiger partial charge in [-0.25, -0.2) is 13.8 Å². The molecule has 4 aromatic rings. The first-order valence-corrected chi connectivity index (χ1v) is 11.2. The Morgan fingerprint density at radius 3 is 2.92 bits per heavy atom. The van der Waals surface area contributed by atoms with Gasteiger partial charge in [0.15, 0.2) is 5.82 Å². The van der Waals surface area contributed by atoms with Crippen LogP contribution in [0.15, 0.2) is 37.2 Å². The first kappa shape index (κ1) is 23.4. The Hall–Kier alpha value is -4.30. The van der Waals surface area contributed by atoms with Crippen molar-refractivity contribution in [1.82, 2.24) is 29.4 Å². The Morgan fingerprint density at radius 2 is 2.17 bits per heavy atom. The van der Waals surface area contributed by atoms with E-state index in [1.165, 1.54) is 17.0 Å². The molecule has 36 heavy (non-hydrogen) atoms. The van der Waals surface area contributed by atoms with E-state index < -0.39 is 11.6 Å². The average molecular weight is 492 g/mol. The van der Waals surface area contributed by atoms with E-state index in [0.29, 0.717) is 30.5 Å². The molecule has 0 aliphatic carbocycles. The van der Waals surface area contributed by atoms with E-state index in [1.54, 1.807) is 36.0 Å². The molecule has 0 bridgehead atoms. The predicted molar refractivity (Wildman–Crippen MR) is 130 cm³/mol. The van der Waals surface area contributed by atoms with Crippen molar-refractivity contribution >= 4 is 33.5 Å². The van der Waals surface area contributed by atoms with Crippen LogP contribution in [0, 0.1) is 23.5 Å². The molecule has 1 amide bonds. The number of carbonyl (C=O) groups excluding carboxylic acids is 1. The maximum atomic E-state index is 15.0. The second-order valence-corrected chi connectivity index (χ2v) is 8.61. The number of hydrogen-bond acceptors (Lipinski definition) is 6. The number of methoxy groups -OCH3 is 1. The normalized spacial score (nSPS) is 17.5. The highest BCUT2D eigenvalue weighted by molar-refractivity contribution is 5.93. The molecule has 1 aliphatic rings. The largest absolute Gasteiger partial charge is 0.383 e. The molecular formula is C25H23F2N7O2. The van der Waals surface area contributed by atoms with Crippen LogP contribution in [-0.4, -0.2) is 61.7 Å². The zero-order chi connectivity index (χ0) is 25.6. The van der Waals surface area contributed by atoms with Gasteiger partial charge >= 0.3 is 0 Å². The number of aryl methyl sites for hydroxylation is 1. The molecule has 1 fully saturated rings. The number of pyridine rings is 1. The number of halogens is 2. The highest BCUT2D eigenvalue weighted by atomic mass is 19.1. The number of anilines is 1. The van der Waals surface area contributed by atoms with Crippen LogP contribution in [0.2, 0.25) is 0 Å². The van der Waals surface area contributed by atoms with E-state index in [2.05, 4.69) is 33.6 Å². The fraction of sp³-hybridized carbons (Fsp3) is 0.280. The maximum Gasteiger partial charge on any atom is 0.246 e. The van der Waals surface area contributed by atoms with Crippen LogP contribution in [0.1, 0.15) is 23.7 Å². The van der Waals surface area contributed by atoms with Crippen molar-refractivity contribution in [3.05, 3.63) is 60.1 Å². The summed E-state index contributed by atoms with van der Waals surface area (Å²) < 4.78 is 38.2. The van der Waals surface area contributed by atoms with Crippen LogP contribution < -0.4 is 5.73 Å². The van der Waals surface area contributed by atoms with Gasteiger partial charge in [-0.15, -0.1) is 0 Å². The minimum Gasteiger partial charge on any atom is -0.383 e. The summed E-state index contributed by atoms with van der Waals surface area (Å²) in [5, 5.41) is 9.33. The van der Waals surface area contributed by atoms with E-state index in [0.717, 1.165) is 6.07 Å². The van der Waals surface area contributed by atoms with Crippen molar-refractivity contribution in [3.63, 3.8) is 0 Å². The van der Waals surface area contributed by atoms with E-state index in [1.807, 2.05) is 0 Å². The van der Waals surface area contributed by atoms with Crippen molar-refractivity contribution in [2.24, 2.45) is 7.05 Å². The standard InChI is InChI=1S/C25H23F2N7O2/c1-4-22(35)33-11-14(9-15(33)13-36-3)34-21-7-8-29-25(28)23(21)19(31-34)6-5-16-18(26)10-20-17(24(16)27)12-32(2)30-20/h4,7-8,10,12,14-15H,1,9,11,13H2,2-3H3,(H2,28,29)/t14?,15-/m1/s1. The summed E-state index contributed by atoms with van der Waals surface area (Å²) in [5.41, 5.74) is 6.86. The second-order valence-electron chi connectivity index (χ2n) is 8.61. The van der Waals surface area contributed by atoms with Crippen LogP contribution in [-0.2, 0) is 16.6 Å². The molecule has 2 N–H and O–H groups in total. The summed E-state index contributed by atoms with van der Waals surface area (Å²) >= 11 is 0. The third-order valence-electron chi connectivity index (χ3n) is 6.33. The minimum atomic E-state index is -0.821. The summed E-state index contributed by atoms with van der Waals surface area (Å²) in [6.45, 7) is 4.33. The molecule has 1 unspecified atom stereocenters. The molecule has 1 aromatic carbocycles. The number of amides is 1. The number of ether oxygens (including phenoxy) is 1. The van der Waals surface area contributed by atoms with Crippen LogP contribution >= 0.6 is 0 Å². The highest BCUT2D eigenvalue weighted by Crippen LogP contribution is 2.33. The van der Waals surface area contributed by atoms with Crippen molar-refractivity contribution in [3.8, 4) is 11.8 Å². The van der Waals surface area contributed by atoms with Crippen molar-refractivity contribution in [2.45, 2.75) is 18.5 Å². The molecule has 2 atom stereocenters. The smallest absolute Gasteiger partial charge is 0.246 e. The van der Waals surface area contributed by atoms with Gasteiger partial charge in [-0.05, 0) is 24.5 Å². The van der Waals surface area contributed by atoms with E-state index in [4.69, 9.17) is 10.5 Å². The van der Waals surface area contributed by atoms with E-state index >= 15 is 4.39 Å². The highest BCUT2D eigenvalue weighted by Gasteiger charge is 2.36. The Labute approximate surface area is 205 Å². The van der Waals surface area contributed by atoms with Gasteiger partial charge in [-0.2, -0.15) is 10.2 Å². The number of hydrogen-bond donors (Lipinski definition) is 1. The third kappa shape index (κ3) is 3.85. The maximum absolute atomic E-state index is 15.0. The number of nitrogen functional groups attached to an aromatic ring is 1. The lowest BCUT2D eigenvalue weighted by Gasteiger charge is -2.22. The minimum absolute atomic E-state index is 0.159. The second kappa shape index (κ2) is 9.05. The van der Waals surface area contributed by atoms with Gasteiger partial charge in [0.25, 0.3) is 0 Å². The van der Waals surface area contributed by atoms with Crippen LogP contribution in [0.25, 0.3) is 21.8 Å². The fourth-order valence-corrected chi connectivity index (χ4v) is 4.73. The van der Waals surface area contributed by atoms with Gasteiger partial charge in [0, 0.05) is 39.2 Å². The SMILES string of the molecule is C=CC(=O)N1CC(n2nc(C#Cc3c(F)cc4nn(C)cc4c3F)c3c(N)nccc32)C[C@@H]1COC. The number of fused-ring (bicyclic) bond motifs is 2. The number of benzene rings is 1. The third-order valence-corrected chi connectivity index (χ3v) is 6.33. The Morgan fingerprint density at radius 1 is 1.36 bits per heavy atom. The molecule has 1 saturated heterocycles. The molecule has 11 heteroatoms. The van der Waals surface area contributed by atoms with Gasteiger partial charge in [-0.1, -0.05) is 12.5 Å². The van der Waals surface area contributed by atoms with Gasteiger partial charge in [-0.3, -0.25) is 14.2 Å². The monoisotopic (exact) mass is 491 g/mol. The summed E-state index contributed by atoms with van der Waals surface area (Å²) in [6, 6.07) is 2.53. The van der Waals surface area contributed by atoms with Crippen molar-refractivity contribution < 1.29 is 18.3 Å². The van der Waals surface area contributed by atoms with Gasteiger partial charge in [0.05, 0.1) is 46.1 Å². The van der Waals surface area contributed by atoms with Crippen LogP contribution in [0.4, 0.5) is 14.6 Å². The number of nitrogens with two attached hydrogens (primary N) is 1. The lowest BCUT2D eigenvalue weighted by Crippen LogP contribution is -2.37.